The Morgan fingerprint density at radius 3 is 2.57 bits per heavy atom. The van der Waals surface area contributed by atoms with E-state index in [1.54, 1.807) is 30.1 Å². The van der Waals surface area contributed by atoms with Gasteiger partial charge in [0.25, 0.3) is 0 Å². The van der Waals surface area contributed by atoms with E-state index < -0.39 is 12.4 Å². The highest BCUT2D eigenvalue weighted by Gasteiger charge is 2.32. The molecule has 1 fully saturated rings. The second-order valence-electron chi connectivity index (χ2n) is 10.4. The van der Waals surface area contributed by atoms with Gasteiger partial charge in [-0.2, -0.15) is 9.98 Å². The van der Waals surface area contributed by atoms with E-state index in [0.717, 1.165) is 35.2 Å². The summed E-state index contributed by atoms with van der Waals surface area (Å²) in [6.45, 7) is 4.34. The maximum atomic E-state index is 12.9. The van der Waals surface area contributed by atoms with Crippen molar-refractivity contribution in [2.75, 3.05) is 27.9 Å². The molecule has 1 aromatic heterocycles. The van der Waals surface area contributed by atoms with Gasteiger partial charge in [-0.1, -0.05) is 54.9 Å². The smallest absolute Gasteiger partial charge is 0.406 e. The molecule has 0 saturated carbocycles. The highest BCUT2D eigenvalue weighted by Crippen LogP contribution is 2.32. The lowest BCUT2D eigenvalue weighted by molar-refractivity contribution is -0.274. The topological polar surface area (TPSA) is 105 Å². The standard InChI is InChI=1S/C31H29ClF3N7O3S/c1-4-5-20-7-6-19(2)14-26(20)42-27(43)17-46-30(42)38-29(44)37-22-9-8-21(25(32)15-22)16-40(3)28-36-18-41(39-28)23-10-12-24(13-11-23)45-31(33,34)35/h6-15,18H,4-5,16-17H2,1-3H3,(H,37,44)/b38-30-. The summed E-state index contributed by atoms with van der Waals surface area (Å²) in [5, 5.41) is 7.81. The summed E-state index contributed by atoms with van der Waals surface area (Å²) in [6.07, 6.45) is -1.64. The number of nitrogens with one attached hydrogen (secondary N) is 1. The third-order valence-electron chi connectivity index (χ3n) is 6.83. The van der Waals surface area contributed by atoms with Crippen LogP contribution in [-0.4, -0.2) is 51.0 Å². The minimum atomic E-state index is -4.78. The number of alkyl halides is 3. The van der Waals surface area contributed by atoms with Crippen LogP contribution in [0.2, 0.25) is 5.02 Å². The van der Waals surface area contributed by atoms with E-state index in [4.69, 9.17) is 11.6 Å². The fourth-order valence-electron chi connectivity index (χ4n) is 4.72. The maximum absolute atomic E-state index is 12.9. The van der Waals surface area contributed by atoms with Crippen LogP contribution in [0.1, 0.15) is 30.0 Å². The molecule has 240 valence electrons. The monoisotopic (exact) mass is 671 g/mol. The first kappa shape index (κ1) is 32.8. The SMILES string of the molecule is CCCc1ccc(C)cc1N1C(=O)CS/C1=N\C(=O)Nc1ccc(CN(C)c2ncn(-c3ccc(OC(F)(F)F)cc3)n2)c(Cl)c1. The van der Waals surface area contributed by atoms with Crippen molar-refractivity contribution in [3.05, 3.63) is 88.7 Å². The number of amidine groups is 1. The predicted octanol–water partition coefficient (Wildman–Crippen LogP) is 7.38. The number of aromatic nitrogens is 3. The van der Waals surface area contributed by atoms with Crippen LogP contribution in [0.25, 0.3) is 5.69 Å². The number of rotatable bonds is 9. The minimum absolute atomic E-state index is 0.135. The first-order valence-corrected chi connectivity index (χ1v) is 15.5. The number of carbonyl (C=O) groups excluding carboxylic acids is 2. The molecule has 4 aromatic rings. The highest BCUT2D eigenvalue weighted by atomic mass is 35.5. The largest absolute Gasteiger partial charge is 0.573 e. The summed E-state index contributed by atoms with van der Waals surface area (Å²) in [6, 6.07) is 15.6. The van der Waals surface area contributed by atoms with Crippen LogP contribution < -0.4 is 19.9 Å². The third kappa shape index (κ3) is 7.98. The molecule has 0 unspecified atom stereocenters. The lowest BCUT2D eigenvalue weighted by Gasteiger charge is -2.20. The van der Waals surface area contributed by atoms with Crippen molar-refractivity contribution < 1.29 is 27.5 Å². The van der Waals surface area contributed by atoms with Crippen molar-refractivity contribution in [2.24, 2.45) is 4.99 Å². The van der Waals surface area contributed by atoms with Crippen LogP contribution in [0.5, 0.6) is 5.75 Å². The van der Waals surface area contributed by atoms with Crippen molar-refractivity contribution in [1.82, 2.24) is 14.8 Å². The Bertz CT molecular complexity index is 1780. The normalized spacial score (nSPS) is 14.2. The summed E-state index contributed by atoms with van der Waals surface area (Å²) in [5.74, 6) is 0.0661. The number of aryl methyl sites for hydroxylation is 2. The molecule has 10 nitrogen and oxygen atoms in total. The van der Waals surface area contributed by atoms with Crippen molar-refractivity contribution >= 4 is 57.8 Å². The first-order chi connectivity index (χ1) is 21.9. The van der Waals surface area contributed by atoms with Crippen LogP contribution in [-0.2, 0) is 17.8 Å². The molecular weight excluding hydrogens is 643 g/mol. The van der Waals surface area contributed by atoms with E-state index in [9.17, 15) is 22.8 Å². The first-order valence-electron chi connectivity index (χ1n) is 14.1. The van der Waals surface area contributed by atoms with E-state index in [-0.39, 0.29) is 17.4 Å². The maximum Gasteiger partial charge on any atom is 0.573 e. The lowest BCUT2D eigenvalue weighted by atomic mass is 10.0. The molecule has 0 aliphatic carbocycles. The minimum Gasteiger partial charge on any atom is -0.406 e. The molecular formula is C31H29ClF3N7O3S. The molecule has 15 heteroatoms. The summed E-state index contributed by atoms with van der Waals surface area (Å²) in [7, 11) is 1.76. The van der Waals surface area contributed by atoms with Crippen LogP contribution in [0.4, 0.5) is 35.3 Å². The van der Waals surface area contributed by atoms with Gasteiger partial charge in [0.15, 0.2) is 5.17 Å². The second kappa shape index (κ2) is 13.8. The van der Waals surface area contributed by atoms with E-state index >= 15 is 0 Å². The third-order valence-corrected chi connectivity index (χ3v) is 8.11. The van der Waals surface area contributed by atoms with Gasteiger partial charge in [0, 0.05) is 24.3 Å². The fourth-order valence-corrected chi connectivity index (χ4v) is 5.82. The van der Waals surface area contributed by atoms with Gasteiger partial charge < -0.3 is 15.0 Å². The van der Waals surface area contributed by atoms with E-state index in [2.05, 4.69) is 32.1 Å². The molecule has 3 amide bonds. The van der Waals surface area contributed by atoms with Crippen molar-refractivity contribution in [1.29, 1.82) is 0 Å². The molecule has 5 rings (SSSR count). The summed E-state index contributed by atoms with van der Waals surface area (Å²) >= 11 is 7.76. The Morgan fingerprint density at radius 1 is 1.13 bits per heavy atom. The second-order valence-corrected chi connectivity index (χ2v) is 11.8. The van der Waals surface area contributed by atoms with Gasteiger partial charge in [-0.05, 0) is 72.5 Å². The number of hydrogen-bond acceptors (Lipinski definition) is 7. The van der Waals surface area contributed by atoms with Gasteiger partial charge in [-0.15, -0.1) is 18.3 Å². The Labute approximate surface area is 272 Å². The summed E-state index contributed by atoms with van der Waals surface area (Å²) in [4.78, 5) is 37.5. The molecule has 0 radical (unpaired) electrons. The number of thioether (sulfide) groups is 1. The number of benzene rings is 3. The van der Waals surface area contributed by atoms with Gasteiger partial charge in [-0.3, -0.25) is 9.69 Å². The number of ether oxygens (including phenoxy) is 1. The zero-order chi connectivity index (χ0) is 33.0. The lowest BCUT2D eigenvalue weighted by Crippen LogP contribution is -2.31. The Balaban J connectivity index is 1.23. The van der Waals surface area contributed by atoms with Gasteiger partial charge in [0.1, 0.15) is 12.1 Å². The van der Waals surface area contributed by atoms with Crippen molar-refractivity contribution in [3.63, 3.8) is 0 Å². The number of hydrogen-bond donors (Lipinski definition) is 1. The Kier molecular flexibility index (Phi) is 9.87. The van der Waals surface area contributed by atoms with Gasteiger partial charge in [-0.25, -0.2) is 9.48 Å². The van der Waals surface area contributed by atoms with E-state index in [1.165, 1.54) is 51.9 Å². The van der Waals surface area contributed by atoms with Gasteiger partial charge in [0.05, 0.1) is 17.1 Å². The van der Waals surface area contributed by atoms with Crippen LogP contribution in [0.15, 0.2) is 72.0 Å². The quantitative estimate of drug-likeness (QED) is 0.198. The molecule has 3 aromatic carbocycles. The van der Waals surface area contributed by atoms with Crippen molar-refractivity contribution in [2.45, 2.75) is 39.6 Å². The molecule has 46 heavy (non-hydrogen) atoms. The average molecular weight is 672 g/mol. The number of aliphatic imine (C=N–C) groups is 1. The fraction of sp³-hybridized carbons (Fsp3) is 0.258. The average Bonchev–Trinajstić information content (AvgIpc) is 3.62. The van der Waals surface area contributed by atoms with Gasteiger partial charge in [0.2, 0.25) is 11.9 Å². The van der Waals surface area contributed by atoms with Crippen LogP contribution in [0.3, 0.4) is 0 Å². The number of urea groups is 1. The number of carbonyl (C=O) groups is 2. The molecule has 0 bridgehead atoms. The van der Waals surface area contributed by atoms with Crippen molar-refractivity contribution in [3.8, 4) is 11.4 Å². The van der Waals surface area contributed by atoms with E-state index in [1.807, 2.05) is 25.1 Å². The Morgan fingerprint density at radius 2 is 1.87 bits per heavy atom. The molecule has 1 N–H and O–H groups in total. The number of amides is 3. The highest BCUT2D eigenvalue weighted by molar-refractivity contribution is 8.15. The molecule has 1 saturated heterocycles. The molecule has 2 heterocycles. The number of halogens is 4. The molecule has 1 aliphatic rings. The molecule has 0 spiro atoms. The van der Waals surface area contributed by atoms with Crippen LogP contribution >= 0.6 is 23.4 Å². The zero-order valence-corrected chi connectivity index (χ0v) is 26.6. The molecule has 1 aliphatic heterocycles. The van der Waals surface area contributed by atoms with Gasteiger partial charge >= 0.3 is 12.4 Å². The number of nitrogens with zero attached hydrogens (tertiary/aromatic N) is 6. The number of anilines is 3. The zero-order valence-electron chi connectivity index (χ0n) is 25.0. The van der Waals surface area contributed by atoms with E-state index in [0.29, 0.717) is 34.1 Å². The van der Waals surface area contributed by atoms with Crippen LogP contribution in [0, 0.1) is 6.92 Å². The predicted molar refractivity (Wildman–Crippen MR) is 173 cm³/mol. The Hall–Kier alpha value is -4.56. The molecule has 0 atom stereocenters. The summed E-state index contributed by atoms with van der Waals surface area (Å²) < 4.78 is 42.6. The summed E-state index contributed by atoms with van der Waals surface area (Å²) in [5.41, 5.74) is 4.40.